The highest BCUT2D eigenvalue weighted by Gasteiger charge is 2.17. The van der Waals surface area contributed by atoms with Crippen molar-refractivity contribution < 1.29 is 19.0 Å². The van der Waals surface area contributed by atoms with E-state index in [4.69, 9.17) is 9.47 Å². The minimum absolute atomic E-state index is 0.178. The van der Waals surface area contributed by atoms with Gasteiger partial charge in [-0.1, -0.05) is 0 Å². The molecular weight excluding hydrogens is 300 g/mol. The van der Waals surface area contributed by atoms with Crippen molar-refractivity contribution in [3.05, 3.63) is 28.2 Å². The summed E-state index contributed by atoms with van der Waals surface area (Å²) in [5, 5.41) is 0. The Bertz CT molecular complexity index is 427. The van der Waals surface area contributed by atoms with Crippen molar-refractivity contribution in [2.45, 2.75) is 18.9 Å². The topological polar surface area (TPSA) is 44.8 Å². The zero-order valence-corrected chi connectivity index (χ0v) is 11.7. The second kappa shape index (κ2) is 6.20. The molecule has 0 bridgehead atoms. The maximum absolute atomic E-state index is 11.3. The van der Waals surface area contributed by atoms with Crippen molar-refractivity contribution in [1.82, 2.24) is 0 Å². The fourth-order valence-corrected chi connectivity index (χ4v) is 2.31. The van der Waals surface area contributed by atoms with Crippen molar-refractivity contribution in [3.8, 4) is 5.75 Å². The van der Waals surface area contributed by atoms with Gasteiger partial charge >= 0.3 is 5.97 Å². The molecule has 1 saturated heterocycles. The number of hydrogen-bond acceptors (Lipinski definition) is 4. The molecule has 5 heteroatoms. The van der Waals surface area contributed by atoms with Crippen LogP contribution in [-0.2, 0) is 9.47 Å². The highest BCUT2D eigenvalue weighted by atomic mass is 79.9. The number of ether oxygens (including phenoxy) is 3. The fraction of sp³-hybridized carbons (Fsp3) is 0.462. The lowest BCUT2D eigenvalue weighted by Gasteiger charge is -2.13. The molecule has 0 N–H and O–H groups in total. The third kappa shape index (κ3) is 3.23. The average Bonchev–Trinajstić information content (AvgIpc) is 2.89. The van der Waals surface area contributed by atoms with Gasteiger partial charge < -0.3 is 14.2 Å². The first-order valence-corrected chi connectivity index (χ1v) is 6.62. The molecule has 0 amide bonds. The van der Waals surface area contributed by atoms with Crippen molar-refractivity contribution >= 4 is 21.9 Å². The highest BCUT2D eigenvalue weighted by Crippen LogP contribution is 2.27. The molecule has 1 aromatic carbocycles. The van der Waals surface area contributed by atoms with E-state index in [9.17, 15) is 4.79 Å². The maximum Gasteiger partial charge on any atom is 0.337 e. The zero-order valence-electron chi connectivity index (χ0n) is 10.1. The Kier molecular flexibility index (Phi) is 4.60. The Hall–Kier alpha value is -1.07. The SMILES string of the molecule is COC(=O)c1ccc(OC[C@@H]2CCCO2)c(Br)c1. The van der Waals surface area contributed by atoms with E-state index in [1.54, 1.807) is 18.2 Å². The van der Waals surface area contributed by atoms with Crippen LogP contribution in [-0.4, -0.2) is 32.4 Å². The smallest absolute Gasteiger partial charge is 0.337 e. The number of esters is 1. The fourth-order valence-electron chi connectivity index (χ4n) is 1.82. The summed E-state index contributed by atoms with van der Waals surface area (Å²) in [5.74, 6) is 0.347. The third-order valence-corrected chi connectivity index (χ3v) is 3.42. The van der Waals surface area contributed by atoms with E-state index in [0.717, 1.165) is 23.9 Å². The first-order valence-electron chi connectivity index (χ1n) is 5.83. The molecule has 1 fully saturated rings. The van der Waals surface area contributed by atoms with Gasteiger partial charge in [-0.05, 0) is 47.0 Å². The van der Waals surface area contributed by atoms with Gasteiger partial charge in [0, 0.05) is 6.61 Å². The predicted octanol–water partition coefficient (Wildman–Crippen LogP) is 2.79. The van der Waals surface area contributed by atoms with Crippen LogP contribution in [0.1, 0.15) is 23.2 Å². The van der Waals surface area contributed by atoms with Crippen LogP contribution in [0.3, 0.4) is 0 Å². The minimum atomic E-state index is -0.360. The van der Waals surface area contributed by atoms with Gasteiger partial charge in [0.2, 0.25) is 0 Å². The molecule has 1 aromatic rings. The number of hydrogen-bond donors (Lipinski definition) is 0. The summed E-state index contributed by atoms with van der Waals surface area (Å²) in [4.78, 5) is 11.3. The Morgan fingerprint density at radius 1 is 1.56 bits per heavy atom. The molecule has 18 heavy (non-hydrogen) atoms. The molecule has 0 aliphatic carbocycles. The lowest BCUT2D eigenvalue weighted by molar-refractivity contribution is 0.0599. The number of methoxy groups -OCH3 is 1. The Labute approximate surface area is 114 Å². The van der Waals surface area contributed by atoms with E-state index < -0.39 is 0 Å². The van der Waals surface area contributed by atoms with Crippen LogP contribution in [0.2, 0.25) is 0 Å². The van der Waals surface area contributed by atoms with E-state index in [1.165, 1.54) is 7.11 Å². The van der Waals surface area contributed by atoms with Gasteiger partial charge in [0.15, 0.2) is 0 Å². The van der Waals surface area contributed by atoms with Gasteiger partial charge in [-0.2, -0.15) is 0 Å². The Morgan fingerprint density at radius 2 is 2.39 bits per heavy atom. The zero-order chi connectivity index (χ0) is 13.0. The second-order valence-electron chi connectivity index (χ2n) is 4.08. The van der Waals surface area contributed by atoms with E-state index >= 15 is 0 Å². The van der Waals surface area contributed by atoms with E-state index in [-0.39, 0.29) is 12.1 Å². The van der Waals surface area contributed by atoms with Crippen molar-refractivity contribution in [3.63, 3.8) is 0 Å². The number of halogens is 1. The summed E-state index contributed by atoms with van der Waals surface area (Å²) in [6, 6.07) is 5.13. The summed E-state index contributed by atoms with van der Waals surface area (Å²) in [6.45, 7) is 1.35. The number of carbonyl (C=O) groups is 1. The maximum atomic E-state index is 11.3. The van der Waals surface area contributed by atoms with Gasteiger partial charge in [0.05, 0.1) is 23.2 Å². The Balaban J connectivity index is 1.98. The monoisotopic (exact) mass is 314 g/mol. The number of carbonyl (C=O) groups excluding carboxylic acids is 1. The van der Waals surface area contributed by atoms with Gasteiger partial charge in [-0.25, -0.2) is 4.79 Å². The molecule has 98 valence electrons. The second-order valence-corrected chi connectivity index (χ2v) is 4.94. The van der Waals surface area contributed by atoms with Crippen LogP contribution >= 0.6 is 15.9 Å². The summed E-state index contributed by atoms with van der Waals surface area (Å²) in [5.41, 5.74) is 0.494. The van der Waals surface area contributed by atoms with Crippen LogP contribution in [0.4, 0.5) is 0 Å². The van der Waals surface area contributed by atoms with Gasteiger partial charge in [0.1, 0.15) is 12.4 Å². The summed E-state index contributed by atoms with van der Waals surface area (Å²) in [6.07, 6.45) is 2.31. The molecule has 2 rings (SSSR count). The van der Waals surface area contributed by atoms with Crippen molar-refractivity contribution in [1.29, 1.82) is 0 Å². The molecule has 1 aliphatic heterocycles. The molecule has 1 aliphatic rings. The normalized spacial score (nSPS) is 18.7. The minimum Gasteiger partial charge on any atom is -0.490 e. The van der Waals surface area contributed by atoms with Crippen molar-refractivity contribution in [2.75, 3.05) is 20.3 Å². The van der Waals surface area contributed by atoms with Gasteiger partial charge in [-0.3, -0.25) is 0 Å². The highest BCUT2D eigenvalue weighted by molar-refractivity contribution is 9.10. The van der Waals surface area contributed by atoms with E-state index in [0.29, 0.717) is 17.9 Å². The summed E-state index contributed by atoms with van der Waals surface area (Å²) >= 11 is 3.38. The van der Waals surface area contributed by atoms with Crippen LogP contribution in [0.5, 0.6) is 5.75 Å². The van der Waals surface area contributed by atoms with Crippen LogP contribution < -0.4 is 4.74 Å². The molecule has 0 aromatic heterocycles. The van der Waals surface area contributed by atoms with Gasteiger partial charge in [0.25, 0.3) is 0 Å². The molecule has 0 radical (unpaired) electrons. The summed E-state index contributed by atoms with van der Waals surface area (Å²) in [7, 11) is 1.36. The number of rotatable bonds is 4. The lowest BCUT2D eigenvalue weighted by atomic mass is 10.2. The van der Waals surface area contributed by atoms with Crippen molar-refractivity contribution in [2.24, 2.45) is 0 Å². The summed E-state index contributed by atoms with van der Waals surface area (Å²) < 4.78 is 16.5. The first-order chi connectivity index (χ1) is 8.70. The molecule has 1 atom stereocenters. The predicted molar refractivity (Wildman–Crippen MR) is 70.0 cm³/mol. The molecule has 0 saturated carbocycles. The number of benzene rings is 1. The molecule has 0 unspecified atom stereocenters. The van der Waals surface area contributed by atoms with E-state index in [2.05, 4.69) is 20.7 Å². The quantitative estimate of drug-likeness (QED) is 0.802. The largest absolute Gasteiger partial charge is 0.490 e. The average molecular weight is 315 g/mol. The lowest BCUT2D eigenvalue weighted by Crippen LogP contribution is -2.16. The third-order valence-electron chi connectivity index (χ3n) is 2.80. The molecule has 4 nitrogen and oxygen atoms in total. The standard InChI is InChI=1S/C13H15BrO4/c1-16-13(15)9-4-5-12(11(14)7-9)18-8-10-3-2-6-17-10/h4-5,7,10H,2-3,6,8H2,1H3/t10-/m0/s1. The van der Waals surface area contributed by atoms with Crippen LogP contribution in [0.15, 0.2) is 22.7 Å². The molecular formula is C13H15BrO4. The van der Waals surface area contributed by atoms with E-state index in [1.807, 2.05) is 0 Å². The molecule has 1 heterocycles. The first kappa shape index (κ1) is 13.4. The van der Waals surface area contributed by atoms with Crippen LogP contribution in [0, 0.1) is 0 Å². The van der Waals surface area contributed by atoms with Crippen LogP contribution in [0.25, 0.3) is 0 Å². The Morgan fingerprint density at radius 3 is 3.00 bits per heavy atom. The van der Waals surface area contributed by atoms with Gasteiger partial charge in [-0.15, -0.1) is 0 Å². The molecule has 0 spiro atoms.